The Morgan fingerprint density at radius 2 is 2.13 bits per heavy atom. The topological polar surface area (TPSA) is 46.2 Å². The number of halogens is 1. The molecule has 0 bridgehead atoms. The molecular formula is C9H8INO2S2. The summed E-state index contributed by atoms with van der Waals surface area (Å²) >= 11 is 3.87. The highest BCUT2D eigenvalue weighted by atomic mass is 127. The summed E-state index contributed by atoms with van der Waals surface area (Å²) in [5.41, 5.74) is 0.647. The van der Waals surface area contributed by atoms with Crippen LogP contribution in [0.25, 0.3) is 10.1 Å². The lowest BCUT2D eigenvalue weighted by molar-refractivity contribution is 0.607. The fourth-order valence-corrected chi connectivity index (χ4v) is 3.73. The van der Waals surface area contributed by atoms with Crippen molar-refractivity contribution in [2.24, 2.45) is 0 Å². The molecule has 0 spiro atoms. The Morgan fingerprint density at radius 1 is 1.40 bits per heavy atom. The standard InChI is InChI=1S/C9H8INO2S2/c1-15(12,13)11-7-3-2-4-8-6(7)5-9(10)14-8/h2-5,11H,1H3. The summed E-state index contributed by atoms with van der Waals surface area (Å²) in [6.45, 7) is 0. The average molecular weight is 353 g/mol. The van der Waals surface area contributed by atoms with Gasteiger partial charge in [0.05, 0.1) is 14.8 Å². The minimum atomic E-state index is -3.21. The predicted molar refractivity (Wildman–Crippen MR) is 73.0 cm³/mol. The summed E-state index contributed by atoms with van der Waals surface area (Å²) in [6, 6.07) is 7.58. The van der Waals surface area contributed by atoms with E-state index in [-0.39, 0.29) is 0 Å². The van der Waals surface area contributed by atoms with Crippen molar-refractivity contribution >= 4 is 59.7 Å². The Bertz CT molecular complexity index is 604. The van der Waals surface area contributed by atoms with Crippen molar-refractivity contribution in [2.75, 3.05) is 11.0 Å². The molecule has 0 saturated heterocycles. The van der Waals surface area contributed by atoms with Crippen molar-refractivity contribution in [1.82, 2.24) is 0 Å². The van der Waals surface area contributed by atoms with Crippen LogP contribution in [0.5, 0.6) is 0 Å². The molecule has 0 saturated carbocycles. The quantitative estimate of drug-likeness (QED) is 0.844. The Kier molecular flexibility index (Phi) is 2.91. The first-order valence-electron chi connectivity index (χ1n) is 4.11. The first-order valence-corrected chi connectivity index (χ1v) is 7.90. The number of sulfonamides is 1. The van der Waals surface area contributed by atoms with Gasteiger partial charge in [-0.05, 0) is 40.8 Å². The van der Waals surface area contributed by atoms with E-state index < -0.39 is 10.0 Å². The smallest absolute Gasteiger partial charge is 0.229 e. The maximum absolute atomic E-state index is 11.1. The van der Waals surface area contributed by atoms with Gasteiger partial charge in [-0.3, -0.25) is 4.72 Å². The SMILES string of the molecule is CS(=O)(=O)Nc1cccc2sc(I)cc12. The van der Waals surface area contributed by atoms with Crippen LogP contribution in [0, 0.1) is 2.88 Å². The van der Waals surface area contributed by atoms with Crippen LogP contribution >= 0.6 is 33.9 Å². The third kappa shape index (κ3) is 2.61. The van der Waals surface area contributed by atoms with Crippen LogP contribution in [-0.4, -0.2) is 14.7 Å². The number of rotatable bonds is 2. The van der Waals surface area contributed by atoms with E-state index in [1.165, 1.54) is 0 Å². The summed E-state index contributed by atoms with van der Waals surface area (Å²) in [5.74, 6) is 0. The zero-order valence-electron chi connectivity index (χ0n) is 7.82. The number of anilines is 1. The monoisotopic (exact) mass is 353 g/mol. The number of thiophene rings is 1. The molecule has 1 heterocycles. The molecule has 0 unspecified atom stereocenters. The van der Waals surface area contributed by atoms with Gasteiger partial charge in [-0.2, -0.15) is 0 Å². The van der Waals surface area contributed by atoms with Gasteiger partial charge in [0.2, 0.25) is 10.0 Å². The molecule has 0 amide bonds. The van der Waals surface area contributed by atoms with Crippen LogP contribution in [0.4, 0.5) is 5.69 Å². The molecule has 0 aliphatic rings. The molecule has 0 atom stereocenters. The second-order valence-electron chi connectivity index (χ2n) is 3.14. The molecule has 0 aliphatic carbocycles. The second-order valence-corrected chi connectivity index (χ2v) is 7.87. The van der Waals surface area contributed by atoms with Crippen molar-refractivity contribution in [3.63, 3.8) is 0 Å². The number of fused-ring (bicyclic) bond motifs is 1. The van der Waals surface area contributed by atoms with E-state index in [2.05, 4.69) is 27.3 Å². The fraction of sp³-hybridized carbons (Fsp3) is 0.111. The van der Waals surface area contributed by atoms with Crippen LogP contribution in [-0.2, 0) is 10.0 Å². The summed E-state index contributed by atoms with van der Waals surface area (Å²) < 4.78 is 27.0. The van der Waals surface area contributed by atoms with Crippen molar-refractivity contribution in [3.05, 3.63) is 27.1 Å². The van der Waals surface area contributed by atoms with Crippen LogP contribution in [0.3, 0.4) is 0 Å². The van der Waals surface area contributed by atoms with E-state index >= 15 is 0 Å². The molecule has 15 heavy (non-hydrogen) atoms. The van der Waals surface area contributed by atoms with E-state index in [1.807, 2.05) is 18.2 Å². The first-order chi connectivity index (χ1) is 6.96. The van der Waals surface area contributed by atoms with E-state index in [9.17, 15) is 8.42 Å². The average Bonchev–Trinajstić information content (AvgIpc) is 2.43. The van der Waals surface area contributed by atoms with Gasteiger partial charge in [0.15, 0.2) is 0 Å². The van der Waals surface area contributed by atoms with Gasteiger partial charge in [0, 0.05) is 10.1 Å². The van der Waals surface area contributed by atoms with Gasteiger partial charge in [-0.15, -0.1) is 11.3 Å². The molecule has 2 rings (SSSR count). The third-order valence-corrected chi connectivity index (χ3v) is 4.28. The third-order valence-electron chi connectivity index (χ3n) is 1.83. The molecule has 80 valence electrons. The molecule has 1 aromatic carbocycles. The molecule has 1 N–H and O–H groups in total. The normalized spacial score (nSPS) is 11.9. The van der Waals surface area contributed by atoms with E-state index in [1.54, 1.807) is 17.4 Å². The number of hydrogen-bond acceptors (Lipinski definition) is 3. The lowest BCUT2D eigenvalue weighted by Crippen LogP contribution is -2.09. The van der Waals surface area contributed by atoms with Crippen molar-refractivity contribution in [3.8, 4) is 0 Å². The molecule has 3 nitrogen and oxygen atoms in total. The van der Waals surface area contributed by atoms with Gasteiger partial charge >= 0.3 is 0 Å². The zero-order chi connectivity index (χ0) is 11.1. The summed E-state index contributed by atoms with van der Waals surface area (Å²) in [7, 11) is -3.21. The Labute approximate surface area is 106 Å². The lowest BCUT2D eigenvalue weighted by Gasteiger charge is -2.04. The molecule has 6 heteroatoms. The summed E-state index contributed by atoms with van der Waals surface area (Å²) in [6.07, 6.45) is 1.16. The highest BCUT2D eigenvalue weighted by Gasteiger charge is 2.07. The lowest BCUT2D eigenvalue weighted by atomic mass is 10.2. The van der Waals surface area contributed by atoms with Crippen LogP contribution in [0.15, 0.2) is 24.3 Å². The molecular weight excluding hydrogens is 345 g/mol. The Hall–Kier alpha value is -0.340. The molecule has 0 fully saturated rings. The van der Waals surface area contributed by atoms with Crippen LogP contribution in [0.1, 0.15) is 0 Å². The van der Waals surface area contributed by atoms with Crippen molar-refractivity contribution in [2.45, 2.75) is 0 Å². The highest BCUT2D eigenvalue weighted by molar-refractivity contribution is 14.1. The van der Waals surface area contributed by atoms with Crippen LogP contribution in [0.2, 0.25) is 0 Å². The van der Waals surface area contributed by atoms with Gasteiger partial charge in [-0.25, -0.2) is 8.42 Å². The van der Waals surface area contributed by atoms with Gasteiger partial charge in [-0.1, -0.05) is 6.07 Å². The number of nitrogens with one attached hydrogen (secondary N) is 1. The molecule has 0 aliphatic heterocycles. The largest absolute Gasteiger partial charge is 0.283 e. The first kappa shape index (κ1) is 11.2. The minimum absolute atomic E-state index is 0.647. The van der Waals surface area contributed by atoms with Crippen LogP contribution < -0.4 is 4.72 Å². The summed E-state index contributed by atoms with van der Waals surface area (Å²) in [5, 5.41) is 0.956. The highest BCUT2D eigenvalue weighted by Crippen LogP contribution is 2.32. The predicted octanol–water partition coefficient (Wildman–Crippen LogP) is 2.88. The van der Waals surface area contributed by atoms with Gasteiger partial charge < -0.3 is 0 Å². The van der Waals surface area contributed by atoms with Gasteiger partial charge in [0.25, 0.3) is 0 Å². The van der Waals surface area contributed by atoms with Gasteiger partial charge in [0.1, 0.15) is 0 Å². The maximum Gasteiger partial charge on any atom is 0.229 e. The van der Waals surface area contributed by atoms with E-state index in [4.69, 9.17) is 0 Å². The van der Waals surface area contributed by atoms with E-state index in [0.29, 0.717) is 5.69 Å². The second kappa shape index (κ2) is 3.91. The minimum Gasteiger partial charge on any atom is -0.283 e. The number of benzene rings is 1. The van der Waals surface area contributed by atoms with Crippen molar-refractivity contribution in [1.29, 1.82) is 0 Å². The number of hydrogen-bond donors (Lipinski definition) is 1. The van der Waals surface area contributed by atoms with E-state index in [0.717, 1.165) is 19.2 Å². The Morgan fingerprint density at radius 3 is 2.80 bits per heavy atom. The molecule has 1 aromatic heterocycles. The summed E-state index contributed by atoms with van der Waals surface area (Å²) in [4.78, 5) is 0. The maximum atomic E-state index is 11.1. The van der Waals surface area contributed by atoms with Crippen molar-refractivity contribution < 1.29 is 8.42 Å². The molecule has 0 radical (unpaired) electrons. The zero-order valence-corrected chi connectivity index (χ0v) is 11.6. The fourth-order valence-electron chi connectivity index (χ4n) is 1.32. The Balaban J connectivity index is 2.60. The molecule has 2 aromatic rings.